The van der Waals surface area contributed by atoms with Gasteiger partial charge in [-0.25, -0.2) is 4.98 Å². The van der Waals surface area contributed by atoms with Crippen molar-refractivity contribution in [3.63, 3.8) is 0 Å². The molecule has 1 aromatic carbocycles. The molecule has 0 aliphatic carbocycles. The van der Waals surface area contributed by atoms with Gasteiger partial charge < -0.3 is 0 Å². The van der Waals surface area contributed by atoms with E-state index in [4.69, 9.17) is 11.6 Å². The minimum atomic E-state index is -0.631. The molecule has 0 bridgehead atoms. The Kier molecular flexibility index (Phi) is 3.21. The minimum absolute atomic E-state index is 0.156. The van der Waals surface area contributed by atoms with Crippen molar-refractivity contribution in [2.24, 2.45) is 5.41 Å². The predicted octanol–water partition coefficient (Wildman–Crippen LogP) is 3.17. The van der Waals surface area contributed by atoms with Crippen LogP contribution in [-0.4, -0.2) is 21.7 Å². The first-order valence-electron chi connectivity index (χ1n) is 6.77. The number of amides is 2. The monoisotopic (exact) mass is 302 g/mol. The van der Waals surface area contributed by atoms with Crippen molar-refractivity contribution < 1.29 is 9.59 Å². The molecule has 0 N–H and O–H groups in total. The van der Waals surface area contributed by atoms with Gasteiger partial charge in [0.2, 0.25) is 11.8 Å². The number of hydrogen-bond donors (Lipinski definition) is 0. The molecule has 0 saturated carbocycles. The zero-order valence-corrected chi connectivity index (χ0v) is 12.6. The molecule has 108 valence electrons. The fraction of sp³-hybridized carbons (Fsp3) is 0.312. The van der Waals surface area contributed by atoms with Gasteiger partial charge in [0.05, 0.1) is 17.5 Å². The Bertz CT molecular complexity index is 755. The summed E-state index contributed by atoms with van der Waals surface area (Å²) in [6.45, 7) is 3.75. The summed E-state index contributed by atoms with van der Waals surface area (Å²) in [6.07, 6.45) is 0.241. The first kappa shape index (κ1) is 14.0. The number of para-hydroxylation sites is 1. The maximum Gasteiger partial charge on any atom is 0.235 e. The van der Waals surface area contributed by atoms with E-state index in [2.05, 4.69) is 4.98 Å². The van der Waals surface area contributed by atoms with Gasteiger partial charge in [0.1, 0.15) is 5.15 Å². The molecule has 1 aromatic heterocycles. The first-order chi connectivity index (χ1) is 9.88. The quantitative estimate of drug-likeness (QED) is 0.632. The molecule has 1 aliphatic heterocycles. The minimum Gasteiger partial charge on any atom is -0.278 e. The zero-order valence-electron chi connectivity index (χ0n) is 11.9. The number of rotatable bonds is 2. The van der Waals surface area contributed by atoms with Crippen molar-refractivity contribution in [3.8, 4) is 0 Å². The van der Waals surface area contributed by atoms with Crippen LogP contribution in [0, 0.1) is 5.41 Å². The number of fused-ring (bicyclic) bond motifs is 1. The second-order valence-corrected chi connectivity index (χ2v) is 6.33. The van der Waals surface area contributed by atoms with Crippen LogP contribution in [0.1, 0.15) is 25.8 Å². The number of halogens is 1. The van der Waals surface area contributed by atoms with E-state index in [-0.39, 0.29) is 24.8 Å². The summed E-state index contributed by atoms with van der Waals surface area (Å²) in [6, 6.07) is 9.49. The number of imide groups is 1. The summed E-state index contributed by atoms with van der Waals surface area (Å²) in [7, 11) is 0. The Labute approximate surface area is 127 Å². The van der Waals surface area contributed by atoms with E-state index in [1.54, 1.807) is 13.8 Å². The lowest BCUT2D eigenvalue weighted by Crippen LogP contribution is -2.32. The van der Waals surface area contributed by atoms with Gasteiger partial charge in [-0.15, -0.1) is 0 Å². The third-order valence-corrected chi connectivity index (χ3v) is 4.12. The van der Waals surface area contributed by atoms with Crippen LogP contribution in [0.25, 0.3) is 10.9 Å². The first-order valence-corrected chi connectivity index (χ1v) is 7.15. The Hall–Kier alpha value is -1.94. The van der Waals surface area contributed by atoms with Crippen molar-refractivity contribution in [1.82, 2.24) is 9.88 Å². The number of likely N-dealkylation sites (tertiary alicyclic amines) is 1. The summed E-state index contributed by atoms with van der Waals surface area (Å²) < 4.78 is 0. The van der Waals surface area contributed by atoms with Crippen molar-refractivity contribution in [3.05, 3.63) is 41.0 Å². The molecule has 2 aromatic rings. The molecule has 0 spiro atoms. The van der Waals surface area contributed by atoms with Crippen LogP contribution >= 0.6 is 11.6 Å². The third-order valence-electron chi connectivity index (χ3n) is 3.80. The summed E-state index contributed by atoms with van der Waals surface area (Å²) >= 11 is 6.19. The van der Waals surface area contributed by atoms with E-state index in [9.17, 15) is 9.59 Å². The van der Waals surface area contributed by atoms with Crippen LogP contribution in [0.4, 0.5) is 0 Å². The molecule has 3 rings (SSSR count). The highest BCUT2D eigenvalue weighted by Gasteiger charge is 2.44. The molecule has 5 heteroatoms. The van der Waals surface area contributed by atoms with Crippen LogP contribution in [0.2, 0.25) is 5.15 Å². The number of pyridine rings is 1. The Balaban J connectivity index is 1.97. The summed E-state index contributed by atoms with van der Waals surface area (Å²) in [5.74, 6) is -0.314. The highest BCUT2D eigenvalue weighted by molar-refractivity contribution is 6.30. The van der Waals surface area contributed by atoms with Crippen molar-refractivity contribution in [2.75, 3.05) is 0 Å². The number of aromatic nitrogens is 1. The molecule has 21 heavy (non-hydrogen) atoms. The molecular weight excluding hydrogens is 288 g/mol. The Morgan fingerprint density at radius 2 is 2.00 bits per heavy atom. The van der Waals surface area contributed by atoms with Crippen LogP contribution in [-0.2, 0) is 16.1 Å². The molecule has 1 saturated heterocycles. The van der Waals surface area contributed by atoms with Crippen molar-refractivity contribution >= 4 is 34.3 Å². The lowest BCUT2D eigenvalue weighted by molar-refractivity contribution is -0.141. The van der Waals surface area contributed by atoms with E-state index in [0.29, 0.717) is 10.7 Å². The van der Waals surface area contributed by atoms with E-state index in [0.717, 1.165) is 10.9 Å². The molecule has 2 amide bonds. The number of nitrogens with zero attached hydrogens (tertiary/aromatic N) is 2. The summed E-state index contributed by atoms with van der Waals surface area (Å²) in [5.41, 5.74) is 0.855. The average molecular weight is 303 g/mol. The van der Waals surface area contributed by atoms with Crippen LogP contribution in [0.3, 0.4) is 0 Å². The number of carbonyl (C=O) groups is 2. The predicted molar refractivity (Wildman–Crippen MR) is 80.7 cm³/mol. The van der Waals surface area contributed by atoms with E-state index in [1.165, 1.54) is 4.90 Å². The lowest BCUT2D eigenvalue weighted by atomic mass is 9.92. The van der Waals surface area contributed by atoms with E-state index >= 15 is 0 Å². The average Bonchev–Trinajstić information content (AvgIpc) is 2.61. The normalized spacial score (nSPS) is 17.8. The highest BCUT2D eigenvalue weighted by Crippen LogP contribution is 2.33. The van der Waals surface area contributed by atoms with Gasteiger partial charge in [-0.1, -0.05) is 43.6 Å². The van der Waals surface area contributed by atoms with Crippen molar-refractivity contribution in [2.45, 2.75) is 26.8 Å². The summed E-state index contributed by atoms with van der Waals surface area (Å²) in [4.78, 5) is 29.9. The number of benzene rings is 1. The molecule has 4 nitrogen and oxygen atoms in total. The standard InChI is InChI=1S/C16H15ClN2O2/c1-16(2)8-13(20)19(15(16)21)9-11-7-10-5-3-4-6-12(10)18-14(11)17/h3-7H,8-9H2,1-2H3. The highest BCUT2D eigenvalue weighted by atomic mass is 35.5. The van der Waals surface area contributed by atoms with Gasteiger partial charge in [-0.05, 0) is 12.1 Å². The van der Waals surface area contributed by atoms with Gasteiger partial charge >= 0.3 is 0 Å². The molecule has 1 fully saturated rings. The number of hydrogen-bond acceptors (Lipinski definition) is 3. The van der Waals surface area contributed by atoms with Gasteiger partial charge in [0.15, 0.2) is 0 Å². The maximum atomic E-state index is 12.3. The van der Waals surface area contributed by atoms with Gasteiger partial charge in [-0.2, -0.15) is 0 Å². The van der Waals surface area contributed by atoms with Crippen LogP contribution in [0.15, 0.2) is 30.3 Å². The lowest BCUT2D eigenvalue weighted by Gasteiger charge is -2.18. The SMILES string of the molecule is CC1(C)CC(=O)N(Cc2cc3ccccc3nc2Cl)C1=O. The van der Waals surface area contributed by atoms with Crippen LogP contribution in [0.5, 0.6) is 0 Å². The maximum absolute atomic E-state index is 12.3. The smallest absolute Gasteiger partial charge is 0.235 e. The topological polar surface area (TPSA) is 50.3 Å². The number of carbonyl (C=O) groups excluding carboxylic acids is 2. The van der Waals surface area contributed by atoms with Gasteiger partial charge in [-0.3, -0.25) is 14.5 Å². The van der Waals surface area contributed by atoms with Crippen LogP contribution < -0.4 is 0 Å². The fourth-order valence-electron chi connectivity index (χ4n) is 2.61. The Morgan fingerprint density at radius 3 is 2.67 bits per heavy atom. The Morgan fingerprint density at radius 1 is 1.29 bits per heavy atom. The van der Waals surface area contributed by atoms with Crippen molar-refractivity contribution in [1.29, 1.82) is 0 Å². The largest absolute Gasteiger partial charge is 0.278 e. The van der Waals surface area contributed by atoms with Gasteiger partial charge in [0.25, 0.3) is 0 Å². The fourth-order valence-corrected chi connectivity index (χ4v) is 2.81. The second-order valence-electron chi connectivity index (χ2n) is 5.98. The molecular formula is C16H15ClN2O2. The van der Waals surface area contributed by atoms with E-state index in [1.807, 2.05) is 30.3 Å². The van der Waals surface area contributed by atoms with Gasteiger partial charge in [0, 0.05) is 17.4 Å². The molecule has 0 atom stereocenters. The second kappa shape index (κ2) is 4.81. The zero-order chi connectivity index (χ0) is 15.2. The summed E-state index contributed by atoms with van der Waals surface area (Å²) in [5, 5.41) is 1.27. The molecule has 1 aliphatic rings. The molecule has 2 heterocycles. The van der Waals surface area contributed by atoms with E-state index < -0.39 is 5.41 Å². The third kappa shape index (κ3) is 2.40. The molecule has 0 radical (unpaired) electrons. The molecule has 0 unspecified atom stereocenters.